The average Bonchev–Trinajstić information content (AvgIpc) is 3.31. The third-order valence-electron chi connectivity index (χ3n) is 4.22. The molecule has 11 heteroatoms. The highest BCUT2D eigenvalue weighted by atomic mass is 32.2. The minimum atomic E-state index is -0.773. The van der Waals surface area contributed by atoms with Crippen LogP contribution in [0, 0.1) is 10.1 Å². The van der Waals surface area contributed by atoms with Crippen LogP contribution in [0.25, 0.3) is 0 Å². The summed E-state index contributed by atoms with van der Waals surface area (Å²) in [5.74, 6) is -1.39. The van der Waals surface area contributed by atoms with Crippen molar-refractivity contribution in [2.45, 2.75) is 11.4 Å². The van der Waals surface area contributed by atoms with E-state index >= 15 is 0 Å². The maximum atomic E-state index is 12.2. The van der Waals surface area contributed by atoms with Crippen LogP contribution in [0.3, 0.4) is 0 Å². The minimum Gasteiger partial charge on any atom is -0.459 e. The molecule has 0 spiro atoms. The van der Waals surface area contributed by atoms with Gasteiger partial charge in [0.2, 0.25) is 11.8 Å². The van der Waals surface area contributed by atoms with Crippen LogP contribution >= 0.6 is 11.8 Å². The van der Waals surface area contributed by atoms with Gasteiger partial charge in [-0.25, -0.2) is 0 Å². The van der Waals surface area contributed by atoms with E-state index in [-0.39, 0.29) is 40.1 Å². The number of nitrogens with zero attached hydrogens (tertiary/aromatic N) is 1. The van der Waals surface area contributed by atoms with Crippen LogP contribution in [0.5, 0.6) is 0 Å². The highest BCUT2D eigenvalue weighted by molar-refractivity contribution is 8.00. The van der Waals surface area contributed by atoms with E-state index in [1.54, 1.807) is 36.4 Å². The number of nitrogens with one attached hydrogen (secondary N) is 2. The van der Waals surface area contributed by atoms with Crippen molar-refractivity contribution < 1.29 is 23.7 Å². The topological polar surface area (TPSA) is 158 Å². The van der Waals surface area contributed by atoms with Crippen LogP contribution in [-0.4, -0.2) is 28.4 Å². The van der Waals surface area contributed by atoms with E-state index in [4.69, 9.17) is 10.2 Å². The lowest BCUT2D eigenvalue weighted by Crippen LogP contribution is -2.24. The van der Waals surface area contributed by atoms with Gasteiger partial charge in [-0.1, -0.05) is 12.1 Å². The second-order valence-corrected chi connectivity index (χ2v) is 7.52. The number of rotatable bonds is 9. The summed E-state index contributed by atoms with van der Waals surface area (Å²) in [4.78, 5) is 46.3. The third kappa shape index (κ3) is 5.95. The van der Waals surface area contributed by atoms with E-state index in [1.165, 1.54) is 18.4 Å². The van der Waals surface area contributed by atoms with Crippen molar-refractivity contribution in [3.8, 4) is 0 Å². The third-order valence-corrected chi connectivity index (χ3v) is 5.28. The summed E-state index contributed by atoms with van der Waals surface area (Å²) in [6, 6.07) is 13.9. The smallest absolute Gasteiger partial charge is 0.291 e. The molecular weight excluding hydrogens is 436 g/mol. The van der Waals surface area contributed by atoms with Gasteiger partial charge in [-0.05, 0) is 42.0 Å². The molecule has 1 aromatic heterocycles. The number of nitro groups is 1. The normalized spacial score (nSPS) is 10.4. The summed E-state index contributed by atoms with van der Waals surface area (Å²) in [5.41, 5.74) is 6.16. The molecule has 0 fully saturated rings. The molecule has 2 aromatic carbocycles. The first-order valence-electron chi connectivity index (χ1n) is 9.25. The van der Waals surface area contributed by atoms with Crippen molar-refractivity contribution in [2.24, 2.45) is 5.73 Å². The monoisotopic (exact) mass is 454 g/mol. The standard InChI is InChI=1S/C21H18N4O6S/c22-20(27)14-6-7-18(16(10-14)25(29)30)32-12-19(26)23-11-13-3-1-4-15(9-13)24-21(28)17-5-2-8-31-17/h1-10H,11-12H2,(H2,22,27)(H,23,26)(H,24,28). The lowest BCUT2D eigenvalue weighted by atomic mass is 10.2. The summed E-state index contributed by atoms with van der Waals surface area (Å²) < 4.78 is 5.05. The molecule has 0 aliphatic heterocycles. The number of hydrogen-bond acceptors (Lipinski definition) is 7. The summed E-state index contributed by atoms with van der Waals surface area (Å²) in [6.45, 7) is 0.201. The van der Waals surface area contributed by atoms with Crippen molar-refractivity contribution in [1.82, 2.24) is 5.32 Å². The molecule has 3 amide bonds. The Morgan fingerprint density at radius 3 is 2.59 bits per heavy atom. The molecule has 3 rings (SSSR count). The minimum absolute atomic E-state index is 0.0181. The quantitative estimate of drug-likeness (QED) is 0.255. The zero-order chi connectivity index (χ0) is 23.1. The molecule has 0 atom stereocenters. The summed E-state index contributed by atoms with van der Waals surface area (Å²) in [5, 5.41) is 16.7. The summed E-state index contributed by atoms with van der Waals surface area (Å²) in [6.07, 6.45) is 1.40. The van der Waals surface area contributed by atoms with Gasteiger partial charge in [-0.3, -0.25) is 24.5 Å². The largest absolute Gasteiger partial charge is 0.459 e. The number of furan rings is 1. The predicted octanol–water partition coefficient (Wildman–Crippen LogP) is 2.95. The molecule has 0 aliphatic carbocycles. The van der Waals surface area contributed by atoms with Crippen LogP contribution in [-0.2, 0) is 11.3 Å². The Kier molecular flexibility index (Phi) is 7.24. The Balaban J connectivity index is 1.55. The maximum absolute atomic E-state index is 12.2. The summed E-state index contributed by atoms with van der Waals surface area (Å²) >= 11 is 0.976. The summed E-state index contributed by atoms with van der Waals surface area (Å²) in [7, 11) is 0. The molecule has 1 heterocycles. The first-order valence-corrected chi connectivity index (χ1v) is 10.2. The molecule has 0 saturated carbocycles. The number of primary amides is 1. The number of nitro benzene ring substituents is 1. The number of carbonyl (C=O) groups is 3. The molecule has 10 nitrogen and oxygen atoms in total. The van der Waals surface area contributed by atoms with Gasteiger partial charge in [0.05, 0.1) is 21.8 Å². The second kappa shape index (κ2) is 10.3. The van der Waals surface area contributed by atoms with Crippen LogP contribution in [0.2, 0.25) is 0 Å². The molecular formula is C21H18N4O6S. The van der Waals surface area contributed by atoms with Crippen LogP contribution < -0.4 is 16.4 Å². The van der Waals surface area contributed by atoms with Crippen molar-refractivity contribution in [3.05, 3.63) is 87.9 Å². The van der Waals surface area contributed by atoms with Crippen molar-refractivity contribution >= 4 is 40.9 Å². The Bertz CT molecular complexity index is 1160. The van der Waals surface area contributed by atoms with Gasteiger partial charge in [-0.2, -0.15) is 0 Å². The fraction of sp³-hybridized carbons (Fsp3) is 0.0952. The van der Waals surface area contributed by atoms with E-state index in [9.17, 15) is 24.5 Å². The Morgan fingerprint density at radius 2 is 1.91 bits per heavy atom. The molecule has 164 valence electrons. The van der Waals surface area contributed by atoms with Crippen LogP contribution in [0.15, 0.2) is 70.2 Å². The fourth-order valence-electron chi connectivity index (χ4n) is 2.69. The van der Waals surface area contributed by atoms with Gasteiger partial charge in [0.25, 0.3) is 11.6 Å². The average molecular weight is 454 g/mol. The zero-order valence-corrected chi connectivity index (χ0v) is 17.4. The number of thioether (sulfide) groups is 1. The van der Waals surface area contributed by atoms with Gasteiger partial charge in [0.1, 0.15) is 0 Å². The lowest BCUT2D eigenvalue weighted by molar-refractivity contribution is -0.387. The predicted molar refractivity (Wildman–Crippen MR) is 117 cm³/mol. The second-order valence-electron chi connectivity index (χ2n) is 6.50. The van der Waals surface area contributed by atoms with Gasteiger partial charge in [-0.15, -0.1) is 11.8 Å². The molecule has 0 radical (unpaired) electrons. The van der Waals surface area contributed by atoms with Gasteiger partial charge in [0, 0.05) is 23.9 Å². The highest BCUT2D eigenvalue weighted by Gasteiger charge is 2.18. The first-order chi connectivity index (χ1) is 15.3. The van der Waals surface area contributed by atoms with Gasteiger partial charge >= 0.3 is 0 Å². The number of nitrogens with two attached hydrogens (primary N) is 1. The number of carbonyl (C=O) groups excluding carboxylic acids is 3. The number of anilines is 1. The SMILES string of the molecule is NC(=O)c1ccc(SCC(=O)NCc2cccc(NC(=O)c3ccco3)c2)c([N+](=O)[O-])c1. The van der Waals surface area contributed by atoms with Gasteiger partial charge < -0.3 is 20.8 Å². The van der Waals surface area contributed by atoms with Crippen molar-refractivity contribution in [3.63, 3.8) is 0 Å². The highest BCUT2D eigenvalue weighted by Crippen LogP contribution is 2.30. The van der Waals surface area contributed by atoms with E-state index in [1.807, 2.05) is 0 Å². The van der Waals surface area contributed by atoms with Crippen molar-refractivity contribution in [1.29, 1.82) is 0 Å². The zero-order valence-electron chi connectivity index (χ0n) is 16.6. The number of hydrogen-bond donors (Lipinski definition) is 3. The first kappa shape index (κ1) is 22.6. The molecule has 0 bridgehead atoms. The molecule has 0 unspecified atom stereocenters. The molecule has 4 N–H and O–H groups in total. The molecule has 0 aliphatic rings. The fourth-order valence-corrected chi connectivity index (χ4v) is 3.52. The lowest BCUT2D eigenvalue weighted by Gasteiger charge is -2.08. The van der Waals surface area contributed by atoms with E-state index < -0.39 is 16.7 Å². The Morgan fingerprint density at radius 1 is 1.09 bits per heavy atom. The molecule has 3 aromatic rings. The van der Waals surface area contributed by atoms with E-state index in [0.717, 1.165) is 23.4 Å². The van der Waals surface area contributed by atoms with Crippen LogP contribution in [0.1, 0.15) is 26.5 Å². The van der Waals surface area contributed by atoms with Crippen LogP contribution in [0.4, 0.5) is 11.4 Å². The Hall–Kier alpha value is -4.12. The molecule has 32 heavy (non-hydrogen) atoms. The number of benzene rings is 2. The van der Waals surface area contributed by atoms with E-state index in [2.05, 4.69) is 10.6 Å². The van der Waals surface area contributed by atoms with E-state index in [0.29, 0.717) is 5.69 Å². The maximum Gasteiger partial charge on any atom is 0.291 e. The molecule has 0 saturated heterocycles. The Labute approximate surface area is 186 Å². The van der Waals surface area contributed by atoms with Crippen molar-refractivity contribution in [2.75, 3.05) is 11.1 Å². The number of amides is 3. The van der Waals surface area contributed by atoms with Gasteiger partial charge in [0.15, 0.2) is 5.76 Å².